The molecule has 8 nitrogen and oxygen atoms in total. The number of anilines is 1. The van der Waals surface area contributed by atoms with Crippen LogP contribution in [0.2, 0.25) is 0 Å². The Morgan fingerprint density at radius 1 is 1.55 bits per heavy atom. The number of nitro groups is 1. The van der Waals surface area contributed by atoms with Crippen molar-refractivity contribution in [3.63, 3.8) is 0 Å². The number of benzene rings is 1. The zero-order chi connectivity index (χ0) is 14.7. The maximum atomic E-state index is 11.9. The van der Waals surface area contributed by atoms with Gasteiger partial charge in [0.05, 0.1) is 10.6 Å². The number of non-ortho nitro benzene ring substituents is 1. The van der Waals surface area contributed by atoms with Crippen molar-refractivity contribution < 1.29 is 9.72 Å². The van der Waals surface area contributed by atoms with Gasteiger partial charge >= 0.3 is 0 Å². The van der Waals surface area contributed by atoms with E-state index >= 15 is 0 Å². The van der Waals surface area contributed by atoms with Crippen LogP contribution < -0.4 is 5.32 Å². The highest BCUT2D eigenvalue weighted by Gasteiger charge is 2.15. The van der Waals surface area contributed by atoms with Crippen LogP contribution in [-0.2, 0) is 6.42 Å². The Morgan fingerprint density at radius 3 is 2.85 bits per heavy atom. The first-order chi connectivity index (χ1) is 9.51. The number of aryl methyl sites for hydroxylation is 1. The van der Waals surface area contributed by atoms with Crippen LogP contribution in [0.25, 0.3) is 0 Å². The van der Waals surface area contributed by atoms with Crippen LogP contribution in [0.4, 0.5) is 11.4 Å². The number of rotatable bonds is 4. The van der Waals surface area contributed by atoms with E-state index in [2.05, 4.69) is 36.4 Å². The number of nitrogens with zero attached hydrogens (tertiary/aromatic N) is 3. The Hall–Kier alpha value is -2.29. The van der Waals surface area contributed by atoms with Gasteiger partial charge in [-0.1, -0.05) is 6.92 Å². The highest BCUT2D eigenvalue weighted by Crippen LogP contribution is 2.27. The smallest absolute Gasteiger partial charge is 0.295 e. The molecule has 0 aliphatic carbocycles. The van der Waals surface area contributed by atoms with Gasteiger partial charge in [-0.25, -0.2) is 4.98 Å². The summed E-state index contributed by atoms with van der Waals surface area (Å²) in [5.74, 6) is 0.139. The second-order valence-corrected chi connectivity index (χ2v) is 4.69. The molecule has 0 spiro atoms. The number of H-pyrrole nitrogens is 1. The van der Waals surface area contributed by atoms with E-state index in [1.165, 1.54) is 18.2 Å². The molecule has 0 saturated carbocycles. The molecule has 20 heavy (non-hydrogen) atoms. The molecule has 0 fully saturated rings. The fraction of sp³-hybridized carbons (Fsp3) is 0.182. The van der Waals surface area contributed by atoms with Crippen LogP contribution in [0.3, 0.4) is 0 Å². The van der Waals surface area contributed by atoms with Gasteiger partial charge in [-0.2, -0.15) is 0 Å². The summed E-state index contributed by atoms with van der Waals surface area (Å²) in [4.78, 5) is 26.0. The van der Waals surface area contributed by atoms with Crippen molar-refractivity contribution in [3.05, 3.63) is 44.4 Å². The van der Waals surface area contributed by atoms with Crippen molar-refractivity contribution in [2.45, 2.75) is 13.3 Å². The minimum Gasteiger partial charge on any atom is -0.318 e. The molecule has 1 heterocycles. The number of hydrogen-bond acceptors (Lipinski definition) is 5. The summed E-state index contributed by atoms with van der Waals surface area (Å²) >= 11 is 3.17. The predicted octanol–water partition coefficient (Wildman–Crippen LogP) is 2.29. The SMILES string of the molecule is CCc1nc(C(=O)Nc2ccc([N+](=O)[O-])cc2Br)n[nH]1. The summed E-state index contributed by atoms with van der Waals surface area (Å²) in [7, 11) is 0. The van der Waals surface area contributed by atoms with Crippen LogP contribution in [0.1, 0.15) is 23.4 Å². The quantitative estimate of drug-likeness (QED) is 0.655. The van der Waals surface area contributed by atoms with E-state index in [-0.39, 0.29) is 11.5 Å². The number of aromatic amines is 1. The van der Waals surface area contributed by atoms with E-state index in [0.29, 0.717) is 22.4 Å². The zero-order valence-corrected chi connectivity index (χ0v) is 12.0. The molecule has 0 aliphatic heterocycles. The average Bonchev–Trinajstić information content (AvgIpc) is 2.89. The average molecular weight is 340 g/mol. The molecule has 9 heteroatoms. The maximum absolute atomic E-state index is 11.9. The summed E-state index contributed by atoms with van der Waals surface area (Å²) in [5.41, 5.74) is 0.337. The highest BCUT2D eigenvalue weighted by molar-refractivity contribution is 9.10. The molecule has 0 radical (unpaired) electrons. The van der Waals surface area contributed by atoms with E-state index in [0.717, 1.165) is 0 Å². The monoisotopic (exact) mass is 339 g/mol. The molecule has 2 rings (SSSR count). The first-order valence-electron chi connectivity index (χ1n) is 5.67. The topological polar surface area (TPSA) is 114 Å². The van der Waals surface area contributed by atoms with Gasteiger partial charge in [0.2, 0.25) is 5.82 Å². The molecule has 1 aromatic heterocycles. The van der Waals surface area contributed by atoms with Crippen molar-refractivity contribution >= 4 is 33.2 Å². The molecule has 104 valence electrons. The van der Waals surface area contributed by atoms with Gasteiger partial charge in [0.25, 0.3) is 11.6 Å². The van der Waals surface area contributed by atoms with Crippen molar-refractivity contribution in [2.75, 3.05) is 5.32 Å². The van der Waals surface area contributed by atoms with Crippen molar-refractivity contribution in [1.82, 2.24) is 15.2 Å². The lowest BCUT2D eigenvalue weighted by Gasteiger charge is -2.04. The molecular weight excluding hydrogens is 330 g/mol. The third-order valence-corrected chi connectivity index (χ3v) is 3.14. The Labute approximate surface area is 121 Å². The van der Waals surface area contributed by atoms with E-state index in [1.54, 1.807) is 0 Å². The lowest BCUT2D eigenvalue weighted by molar-refractivity contribution is -0.384. The number of amides is 1. The van der Waals surface area contributed by atoms with Gasteiger partial charge in [0.15, 0.2) is 0 Å². The summed E-state index contributed by atoms with van der Waals surface area (Å²) in [6.45, 7) is 1.88. The third-order valence-electron chi connectivity index (χ3n) is 2.48. The number of aromatic nitrogens is 3. The Bertz CT molecular complexity index is 670. The lowest BCUT2D eigenvalue weighted by atomic mass is 10.3. The first-order valence-corrected chi connectivity index (χ1v) is 6.47. The first kappa shape index (κ1) is 14.1. The number of carbonyl (C=O) groups is 1. The third kappa shape index (κ3) is 2.99. The molecule has 0 unspecified atom stereocenters. The fourth-order valence-corrected chi connectivity index (χ4v) is 1.92. The Kier molecular flexibility index (Phi) is 4.08. The summed E-state index contributed by atoms with van der Waals surface area (Å²) in [5, 5.41) is 19.6. The van der Waals surface area contributed by atoms with Crippen LogP contribution in [0.15, 0.2) is 22.7 Å². The van der Waals surface area contributed by atoms with Crippen molar-refractivity contribution in [3.8, 4) is 0 Å². The van der Waals surface area contributed by atoms with Crippen molar-refractivity contribution in [2.24, 2.45) is 0 Å². The van der Waals surface area contributed by atoms with E-state index in [4.69, 9.17) is 0 Å². The number of nitro benzene ring substituents is 1. The molecule has 2 aromatic rings. The summed E-state index contributed by atoms with van der Waals surface area (Å²) < 4.78 is 0.409. The number of hydrogen-bond donors (Lipinski definition) is 2. The zero-order valence-electron chi connectivity index (χ0n) is 10.4. The van der Waals surface area contributed by atoms with Gasteiger partial charge < -0.3 is 5.32 Å². The molecule has 0 atom stereocenters. The fourth-order valence-electron chi connectivity index (χ4n) is 1.45. The largest absolute Gasteiger partial charge is 0.318 e. The summed E-state index contributed by atoms with van der Waals surface area (Å²) in [6.07, 6.45) is 0.640. The molecule has 0 aliphatic rings. The standard InChI is InChI=1S/C11H10BrN5O3/c1-2-9-14-10(16-15-9)11(18)13-8-4-3-6(17(19)20)5-7(8)12/h3-5H,2H2,1H3,(H,13,18)(H,14,15,16). The van der Waals surface area contributed by atoms with Crippen molar-refractivity contribution in [1.29, 1.82) is 0 Å². The van der Waals surface area contributed by atoms with E-state index < -0.39 is 10.8 Å². The van der Waals surface area contributed by atoms with Gasteiger partial charge in [-0.3, -0.25) is 20.0 Å². The van der Waals surface area contributed by atoms with Crippen LogP contribution in [-0.4, -0.2) is 26.0 Å². The van der Waals surface area contributed by atoms with Crippen LogP contribution in [0.5, 0.6) is 0 Å². The lowest BCUT2D eigenvalue weighted by Crippen LogP contribution is -2.14. The number of nitrogens with one attached hydrogen (secondary N) is 2. The Morgan fingerprint density at radius 2 is 2.30 bits per heavy atom. The number of carbonyl (C=O) groups excluding carboxylic acids is 1. The second-order valence-electron chi connectivity index (χ2n) is 3.83. The maximum Gasteiger partial charge on any atom is 0.295 e. The molecule has 0 saturated heterocycles. The van der Waals surface area contributed by atoms with Gasteiger partial charge in [0, 0.05) is 23.0 Å². The van der Waals surface area contributed by atoms with Crippen LogP contribution in [0, 0.1) is 10.1 Å². The van der Waals surface area contributed by atoms with E-state index in [9.17, 15) is 14.9 Å². The molecule has 2 N–H and O–H groups in total. The molecule has 1 amide bonds. The minimum atomic E-state index is -0.515. The Balaban J connectivity index is 2.17. The number of halogens is 1. The van der Waals surface area contributed by atoms with Gasteiger partial charge in [0.1, 0.15) is 5.82 Å². The second kappa shape index (κ2) is 5.78. The van der Waals surface area contributed by atoms with E-state index in [1.807, 2.05) is 6.92 Å². The van der Waals surface area contributed by atoms with Gasteiger partial charge in [-0.05, 0) is 22.0 Å². The minimum absolute atomic E-state index is 0.0205. The highest BCUT2D eigenvalue weighted by atomic mass is 79.9. The predicted molar refractivity (Wildman–Crippen MR) is 74.5 cm³/mol. The van der Waals surface area contributed by atoms with Crippen LogP contribution >= 0.6 is 15.9 Å². The van der Waals surface area contributed by atoms with Gasteiger partial charge in [-0.15, -0.1) is 5.10 Å². The molecule has 1 aromatic carbocycles. The normalized spacial score (nSPS) is 10.3. The molecular formula is C11H10BrN5O3. The summed E-state index contributed by atoms with van der Waals surface area (Å²) in [6, 6.07) is 4.05. The molecule has 0 bridgehead atoms.